The summed E-state index contributed by atoms with van der Waals surface area (Å²) in [6.45, 7) is 0. The summed E-state index contributed by atoms with van der Waals surface area (Å²) in [5, 5.41) is 9.46. The highest BCUT2D eigenvalue weighted by molar-refractivity contribution is 6.18. The van der Waals surface area contributed by atoms with Gasteiger partial charge in [-0.3, -0.25) is 0 Å². The van der Waals surface area contributed by atoms with E-state index in [1.807, 2.05) is 0 Å². The van der Waals surface area contributed by atoms with Crippen LogP contribution in [-0.2, 0) is 0 Å². The summed E-state index contributed by atoms with van der Waals surface area (Å²) in [4.78, 5) is 0. The lowest BCUT2D eigenvalue weighted by Crippen LogP contribution is -2.05. The summed E-state index contributed by atoms with van der Waals surface area (Å²) in [6.07, 6.45) is 4.79. The van der Waals surface area contributed by atoms with Gasteiger partial charge in [-0.15, -0.1) is 0 Å². The van der Waals surface area contributed by atoms with Crippen LogP contribution in [0.1, 0.15) is 16.7 Å². The van der Waals surface area contributed by atoms with Crippen LogP contribution in [0.25, 0.3) is 50.0 Å². The lowest BCUT2D eigenvalue weighted by atomic mass is 9.81. The van der Waals surface area contributed by atoms with Gasteiger partial charge in [-0.2, -0.15) is 0 Å². The molecule has 2 aliphatic rings. The van der Waals surface area contributed by atoms with E-state index in [1.165, 1.54) is 65.7 Å². The van der Waals surface area contributed by atoms with Gasteiger partial charge in [0.15, 0.2) is 0 Å². The Morgan fingerprint density at radius 3 is 2.11 bits per heavy atom. The summed E-state index contributed by atoms with van der Waals surface area (Å²) in [5.41, 5.74) is 5.42. The molecule has 0 saturated heterocycles. The molecule has 0 aliphatic heterocycles. The Morgan fingerprint density at radius 2 is 1.22 bits per heavy atom. The van der Waals surface area contributed by atoms with E-state index in [0.29, 0.717) is 0 Å². The first kappa shape index (κ1) is 13.8. The Balaban J connectivity index is 1.66. The molecule has 0 N–H and O–H groups in total. The SMILES string of the molecule is C1=C2[C](C=c3c2cc2cccc4cccc3c42)c2cccc3cccc1c23. The number of fused-ring (bicyclic) bond motifs is 5. The van der Waals surface area contributed by atoms with Crippen LogP contribution in [0.15, 0.2) is 78.9 Å². The van der Waals surface area contributed by atoms with Gasteiger partial charge in [0.25, 0.3) is 0 Å². The second-order valence-corrected chi connectivity index (χ2v) is 7.59. The quantitative estimate of drug-likeness (QED) is 0.318. The van der Waals surface area contributed by atoms with Crippen LogP contribution in [0.3, 0.4) is 0 Å². The zero-order chi connectivity index (χ0) is 17.5. The molecule has 0 amide bonds. The Hall–Kier alpha value is -3.38. The number of hydrogen-bond acceptors (Lipinski definition) is 0. The molecule has 0 bridgehead atoms. The van der Waals surface area contributed by atoms with Crippen LogP contribution in [0.4, 0.5) is 0 Å². The molecule has 0 fully saturated rings. The van der Waals surface area contributed by atoms with Crippen LogP contribution < -0.4 is 5.22 Å². The minimum Gasteiger partial charge on any atom is -0.0613 e. The number of hydrogen-bond donors (Lipinski definition) is 0. The van der Waals surface area contributed by atoms with Gasteiger partial charge in [0.2, 0.25) is 0 Å². The van der Waals surface area contributed by atoms with Crippen molar-refractivity contribution in [2.75, 3.05) is 0 Å². The molecule has 0 atom stereocenters. The number of allylic oxidation sites excluding steroid dienone is 1. The van der Waals surface area contributed by atoms with E-state index >= 15 is 0 Å². The van der Waals surface area contributed by atoms with Crippen molar-refractivity contribution in [3.8, 4) is 0 Å². The van der Waals surface area contributed by atoms with Crippen molar-refractivity contribution in [3.63, 3.8) is 0 Å². The molecule has 2 aliphatic carbocycles. The summed E-state index contributed by atoms with van der Waals surface area (Å²) in [7, 11) is 0. The molecule has 123 valence electrons. The third kappa shape index (κ3) is 1.64. The van der Waals surface area contributed by atoms with E-state index in [0.717, 1.165) is 0 Å². The maximum absolute atomic E-state index is 2.41. The highest BCUT2D eigenvalue weighted by Gasteiger charge is 2.29. The monoisotopic (exact) mass is 339 g/mol. The first-order valence-electron chi connectivity index (χ1n) is 9.46. The first-order valence-corrected chi connectivity index (χ1v) is 9.46. The van der Waals surface area contributed by atoms with Crippen molar-refractivity contribution in [2.24, 2.45) is 0 Å². The van der Waals surface area contributed by atoms with Gasteiger partial charge in [0.1, 0.15) is 0 Å². The molecule has 0 unspecified atom stereocenters. The Bertz CT molecular complexity index is 1500. The van der Waals surface area contributed by atoms with E-state index in [2.05, 4.69) is 91.0 Å². The average molecular weight is 339 g/mol. The van der Waals surface area contributed by atoms with E-state index in [4.69, 9.17) is 0 Å². The van der Waals surface area contributed by atoms with Gasteiger partial charge in [-0.25, -0.2) is 0 Å². The summed E-state index contributed by atoms with van der Waals surface area (Å²) in [6, 6.07) is 29.0. The molecule has 0 aromatic heterocycles. The summed E-state index contributed by atoms with van der Waals surface area (Å²) < 4.78 is 0. The lowest BCUT2D eigenvalue weighted by molar-refractivity contribution is 1.47. The highest BCUT2D eigenvalue weighted by atomic mass is 14.3. The van der Waals surface area contributed by atoms with Crippen molar-refractivity contribution in [2.45, 2.75) is 0 Å². The zero-order valence-electron chi connectivity index (χ0n) is 14.7. The molecular weight excluding hydrogens is 324 g/mol. The van der Waals surface area contributed by atoms with Gasteiger partial charge < -0.3 is 0 Å². The standard InChI is InChI=1S/C27H15/c1-5-16-7-3-11-20-24-15-25-21-12-4-8-17-6-2-10-19(27(17)21)14-23(25)22(24)13-18(9-1)26(16)20/h1-15H. The maximum atomic E-state index is 2.41. The number of benzene rings is 5. The topological polar surface area (TPSA) is 0 Å². The van der Waals surface area contributed by atoms with Gasteiger partial charge in [0.05, 0.1) is 5.92 Å². The van der Waals surface area contributed by atoms with Crippen LogP contribution in [-0.4, -0.2) is 0 Å². The summed E-state index contributed by atoms with van der Waals surface area (Å²) in [5.74, 6) is 1.37. The van der Waals surface area contributed by atoms with Crippen LogP contribution in [0.2, 0.25) is 0 Å². The van der Waals surface area contributed by atoms with Crippen molar-refractivity contribution >= 4 is 50.0 Å². The van der Waals surface area contributed by atoms with Crippen LogP contribution >= 0.6 is 0 Å². The van der Waals surface area contributed by atoms with Gasteiger partial charge in [0, 0.05) is 0 Å². The Kier molecular flexibility index (Phi) is 2.38. The zero-order valence-corrected chi connectivity index (χ0v) is 14.7. The van der Waals surface area contributed by atoms with Gasteiger partial charge in [-0.1, -0.05) is 78.9 Å². The van der Waals surface area contributed by atoms with E-state index < -0.39 is 0 Å². The Morgan fingerprint density at radius 1 is 0.519 bits per heavy atom. The lowest BCUT2D eigenvalue weighted by Gasteiger charge is -2.21. The molecule has 0 saturated carbocycles. The van der Waals surface area contributed by atoms with Crippen LogP contribution in [0, 0.1) is 5.92 Å². The third-order valence-corrected chi connectivity index (χ3v) is 6.21. The van der Waals surface area contributed by atoms with Crippen molar-refractivity contribution in [1.29, 1.82) is 0 Å². The molecule has 0 spiro atoms. The van der Waals surface area contributed by atoms with Crippen molar-refractivity contribution in [3.05, 3.63) is 107 Å². The fourth-order valence-corrected chi connectivity index (χ4v) is 5.09. The molecule has 5 aromatic rings. The largest absolute Gasteiger partial charge is 0.0613 e. The third-order valence-electron chi connectivity index (χ3n) is 6.21. The highest BCUT2D eigenvalue weighted by Crippen LogP contribution is 2.46. The number of rotatable bonds is 0. The molecular formula is C27H15. The first-order chi connectivity index (χ1) is 13.4. The normalized spacial score (nSPS) is 15.0. The fourth-order valence-electron chi connectivity index (χ4n) is 5.09. The Labute approximate surface area is 157 Å². The van der Waals surface area contributed by atoms with E-state index in [1.54, 1.807) is 0 Å². The van der Waals surface area contributed by atoms with E-state index in [-0.39, 0.29) is 0 Å². The second-order valence-electron chi connectivity index (χ2n) is 7.59. The molecule has 0 heterocycles. The van der Waals surface area contributed by atoms with Crippen molar-refractivity contribution in [1.82, 2.24) is 0 Å². The average Bonchev–Trinajstić information content (AvgIpc) is 3.08. The molecule has 7 rings (SSSR count). The minimum absolute atomic E-state index is 1.32. The van der Waals surface area contributed by atoms with Gasteiger partial charge >= 0.3 is 0 Å². The van der Waals surface area contributed by atoms with Gasteiger partial charge in [-0.05, 0) is 71.9 Å². The molecule has 0 heteroatoms. The van der Waals surface area contributed by atoms with E-state index in [9.17, 15) is 0 Å². The molecule has 5 aromatic carbocycles. The predicted molar refractivity (Wildman–Crippen MR) is 115 cm³/mol. The second kappa shape index (κ2) is 4.66. The summed E-state index contributed by atoms with van der Waals surface area (Å²) >= 11 is 0. The maximum Gasteiger partial charge on any atom is 0.0576 e. The molecule has 27 heavy (non-hydrogen) atoms. The van der Waals surface area contributed by atoms with Crippen molar-refractivity contribution < 1.29 is 0 Å². The smallest absolute Gasteiger partial charge is 0.0576 e. The van der Waals surface area contributed by atoms with Crippen LogP contribution in [0.5, 0.6) is 0 Å². The minimum atomic E-state index is 1.32. The molecule has 1 radical (unpaired) electrons. The predicted octanol–water partition coefficient (Wildman–Crippen LogP) is 6.14. The molecule has 0 nitrogen and oxygen atoms in total. The fraction of sp³-hybridized carbons (Fsp3) is 0.